The van der Waals surface area contributed by atoms with Gasteiger partial charge in [0.05, 0.1) is 25.8 Å². The second kappa shape index (κ2) is 13.0. The van der Waals surface area contributed by atoms with Gasteiger partial charge in [0, 0.05) is 59.3 Å². The second-order valence-electron chi connectivity index (χ2n) is 9.86. The average Bonchev–Trinajstić information content (AvgIpc) is 2.92. The highest BCUT2D eigenvalue weighted by atomic mass is 32.2. The molecule has 0 spiro atoms. The van der Waals surface area contributed by atoms with Gasteiger partial charge in [-0.3, -0.25) is 9.69 Å². The molecular formula is C29H35N3O5S. The third-order valence-corrected chi connectivity index (χ3v) is 7.36. The molecule has 1 unspecified atom stereocenters. The van der Waals surface area contributed by atoms with Crippen molar-refractivity contribution in [3.63, 3.8) is 0 Å². The molecule has 0 radical (unpaired) electrons. The van der Waals surface area contributed by atoms with Crippen molar-refractivity contribution in [2.75, 3.05) is 44.8 Å². The van der Waals surface area contributed by atoms with Gasteiger partial charge in [0.1, 0.15) is 11.5 Å². The smallest absolute Gasteiger partial charge is 0.307 e. The van der Waals surface area contributed by atoms with E-state index in [0.29, 0.717) is 6.42 Å². The van der Waals surface area contributed by atoms with Crippen LogP contribution in [0.1, 0.15) is 26.7 Å². The van der Waals surface area contributed by atoms with E-state index in [1.54, 1.807) is 21.0 Å². The van der Waals surface area contributed by atoms with E-state index in [0.717, 1.165) is 66.1 Å². The van der Waals surface area contributed by atoms with E-state index in [2.05, 4.69) is 38.6 Å². The number of carbonyl (C=O) groups is 1. The van der Waals surface area contributed by atoms with E-state index < -0.39 is 4.75 Å². The number of ether oxygens (including phenoxy) is 3. The molecule has 9 heteroatoms. The summed E-state index contributed by atoms with van der Waals surface area (Å²) >= 11 is 0.850. The largest absolute Gasteiger partial charge is 0.495 e. The third-order valence-electron chi connectivity index (χ3n) is 6.64. The van der Waals surface area contributed by atoms with Crippen LogP contribution >= 0.6 is 11.9 Å². The van der Waals surface area contributed by atoms with E-state index in [1.807, 2.05) is 42.5 Å². The maximum absolute atomic E-state index is 12.4. The molecule has 1 aliphatic rings. The number of hydrogen-bond acceptors (Lipinski definition) is 9. The van der Waals surface area contributed by atoms with Gasteiger partial charge in [-0.1, -0.05) is 48.5 Å². The summed E-state index contributed by atoms with van der Waals surface area (Å²) in [7, 11) is 1.69. The molecular weight excluding hydrogens is 502 g/mol. The van der Waals surface area contributed by atoms with Gasteiger partial charge < -0.3 is 19.1 Å². The summed E-state index contributed by atoms with van der Waals surface area (Å²) in [5.41, 5.74) is 1.08. The standard InChI is InChI=1S/C29H35N3O5S/c1-29(2,38-30-34)21-28(33)36-20-15-27(37-25-14-8-10-22-9-4-5-11-23(22)25)32-18-16-31(17-19-32)24-12-6-7-13-26(24)35-3/h4-14,27H,15-21H2,1-3H3. The molecule has 1 saturated heterocycles. The first-order valence-electron chi connectivity index (χ1n) is 12.8. The summed E-state index contributed by atoms with van der Waals surface area (Å²) in [5, 5.41) is 2.16. The predicted octanol–water partition coefficient (Wildman–Crippen LogP) is 5.89. The zero-order chi connectivity index (χ0) is 27.0. The lowest BCUT2D eigenvalue weighted by Gasteiger charge is -2.40. The number of benzene rings is 3. The van der Waals surface area contributed by atoms with Crippen molar-refractivity contribution in [1.82, 2.24) is 4.90 Å². The van der Waals surface area contributed by atoms with Crippen LogP contribution < -0.4 is 14.4 Å². The van der Waals surface area contributed by atoms with Crippen LogP contribution in [-0.2, 0) is 9.53 Å². The van der Waals surface area contributed by atoms with Gasteiger partial charge in [-0.2, -0.15) is 0 Å². The van der Waals surface area contributed by atoms with Crippen molar-refractivity contribution in [2.24, 2.45) is 4.58 Å². The van der Waals surface area contributed by atoms with Crippen LogP contribution in [-0.4, -0.2) is 61.7 Å². The summed E-state index contributed by atoms with van der Waals surface area (Å²) in [4.78, 5) is 27.7. The van der Waals surface area contributed by atoms with Crippen molar-refractivity contribution >= 4 is 34.4 Å². The molecule has 0 N–H and O–H groups in total. The van der Waals surface area contributed by atoms with Crippen LogP contribution in [0.4, 0.5) is 5.69 Å². The van der Waals surface area contributed by atoms with Gasteiger partial charge in [-0.05, 0) is 37.4 Å². The van der Waals surface area contributed by atoms with Crippen molar-refractivity contribution in [3.05, 3.63) is 71.6 Å². The molecule has 0 amide bonds. The van der Waals surface area contributed by atoms with Crippen LogP contribution in [0, 0.1) is 4.91 Å². The number of fused-ring (bicyclic) bond motifs is 1. The summed E-state index contributed by atoms with van der Waals surface area (Å²) in [5.74, 6) is 1.32. The lowest BCUT2D eigenvalue weighted by molar-refractivity contribution is -0.145. The van der Waals surface area contributed by atoms with E-state index in [-0.39, 0.29) is 25.2 Å². The first-order chi connectivity index (χ1) is 18.4. The minimum Gasteiger partial charge on any atom is -0.495 e. The number of carbonyl (C=O) groups excluding carboxylic acids is 1. The SMILES string of the molecule is COc1ccccc1N1CCN(C(CCOC(=O)CC(C)(C)SN=O)Oc2cccc3ccccc23)CC1. The summed E-state index contributed by atoms with van der Waals surface area (Å²) in [6.45, 7) is 7.03. The molecule has 0 saturated carbocycles. The van der Waals surface area contributed by atoms with Crippen molar-refractivity contribution in [1.29, 1.82) is 0 Å². The van der Waals surface area contributed by atoms with Crippen molar-refractivity contribution in [2.45, 2.75) is 37.7 Å². The maximum atomic E-state index is 12.4. The Hall–Kier alpha value is -3.30. The molecule has 1 aliphatic heterocycles. The molecule has 3 aromatic rings. The molecule has 8 nitrogen and oxygen atoms in total. The maximum Gasteiger partial charge on any atom is 0.307 e. The van der Waals surface area contributed by atoms with Gasteiger partial charge in [0.2, 0.25) is 0 Å². The molecule has 1 fully saturated rings. The van der Waals surface area contributed by atoms with Crippen molar-refractivity contribution < 1.29 is 19.0 Å². The number of nitrogens with zero attached hydrogens (tertiary/aromatic N) is 3. The van der Waals surface area contributed by atoms with Crippen LogP contribution in [0.3, 0.4) is 0 Å². The normalized spacial score (nSPS) is 15.2. The fourth-order valence-corrected chi connectivity index (χ4v) is 5.09. The number of hydrogen-bond donors (Lipinski definition) is 0. The molecule has 3 aromatic carbocycles. The quantitative estimate of drug-likeness (QED) is 0.161. The Kier molecular flexibility index (Phi) is 9.47. The minimum atomic E-state index is -0.605. The van der Waals surface area contributed by atoms with Crippen LogP contribution in [0.15, 0.2) is 71.3 Å². The van der Waals surface area contributed by atoms with E-state index in [9.17, 15) is 9.70 Å². The average molecular weight is 538 g/mol. The molecule has 0 aromatic heterocycles. The highest BCUT2D eigenvalue weighted by molar-refractivity contribution is 7.99. The summed E-state index contributed by atoms with van der Waals surface area (Å²) < 4.78 is 20.0. The molecule has 4 rings (SSSR count). The Bertz CT molecular complexity index is 1220. The van der Waals surface area contributed by atoms with Crippen LogP contribution in [0.2, 0.25) is 0 Å². The third kappa shape index (κ3) is 7.17. The number of anilines is 1. The number of rotatable bonds is 12. The van der Waals surface area contributed by atoms with Gasteiger partial charge >= 0.3 is 5.97 Å². The number of nitroso groups, excluding NO2 is 1. The van der Waals surface area contributed by atoms with E-state index >= 15 is 0 Å². The summed E-state index contributed by atoms with van der Waals surface area (Å²) in [6.07, 6.45) is 0.353. The zero-order valence-corrected chi connectivity index (χ0v) is 23.0. The lowest BCUT2D eigenvalue weighted by atomic mass is 10.1. The Balaban J connectivity index is 1.45. The van der Waals surface area contributed by atoms with E-state index in [1.165, 1.54) is 0 Å². The van der Waals surface area contributed by atoms with Gasteiger partial charge in [0.25, 0.3) is 0 Å². The van der Waals surface area contributed by atoms with Gasteiger partial charge in [-0.25, -0.2) is 0 Å². The molecule has 202 valence electrons. The topological polar surface area (TPSA) is 80.7 Å². The number of para-hydroxylation sites is 2. The Morgan fingerprint density at radius 1 is 0.974 bits per heavy atom. The highest BCUT2D eigenvalue weighted by Gasteiger charge is 2.28. The Morgan fingerprint density at radius 3 is 2.42 bits per heavy atom. The molecule has 38 heavy (non-hydrogen) atoms. The monoisotopic (exact) mass is 537 g/mol. The minimum absolute atomic E-state index is 0.107. The second-order valence-corrected chi connectivity index (χ2v) is 11.3. The first kappa shape index (κ1) is 27.7. The number of piperazine rings is 1. The molecule has 0 bridgehead atoms. The number of esters is 1. The van der Waals surface area contributed by atoms with Gasteiger partial charge in [0.15, 0.2) is 6.23 Å². The lowest BCUT2D eigenvalue weighted by Crippen LogP contribution is -2.52. The van der Waals surface area contributed by atoms with Crippen molar-refractivity contribution in [3.8, 4) is 11.5 Å². The summed E-state index contributed by atoms with van der Waals surface area (Å²) in [6, 6.07) is 22.3. The highest BCUT2D eigenvalue weighted by Crippen LogP contribution is 2.31. The first-order valence-corrected chi connectivity index (χ1v) is 13.6. The zero-order valence-electron chi connectivity index (χ0n) is 22.2. The van der Waals surface area contributed by atoms with Crippen LogP contribution in [0.5, 0.6) is 11.5 Å². The fourth-order valence-electron chi connectivity index (χ4n) is 4.71. The Labute approximate surface area is 228 Å². The molecule has 1 atom stereocenters. The van der Waals surface area contributed by atoms with E-state index in [4.69, 9.17) is 14.2 Å². The van der Waals surface area contributed by atoms with Crippen LogP contribution in [0.25, 0.3) is 10.8 Å². The number of methoxy groups -OCH3 is 1. The predicted molar refractivity (Wildman–Crippen MR) is 153 cm³/mol. The van der Waals surface area contributed by atoms with Gasteiger partial charge in [-0.15, -0.1) is 4.91 Å². The molecule has 0 aliphatic carbocycles. The molecule has 1 heterocycles. The fraction of sp³-hybridized carbons (Fsp3) is 0.414. The Morgan fingerprint density at radius 2 is 1.66 bits per heavy atom.